The van der Waals surface area contributed by atoms with Gasteiger partial charge in [0.05, 0.1) is 5.69 Å². The number of hydrogen-bond donors (Lipinski definition) is 1. The molecule has 0 aliphatic carbocycles. The van der Waals surface area contributed by atoms with Gasteiger partial charge in [0.1, 0.15) is 18.1 Å². The molecule has 16 heavy (non-hydrogen) atoms. The second-order valence-corrected chi connectivity index (χ2v) is 3.73. The van der Waals surface area contributed by atoms with E-state index < -0.39 is 0 Å². The van der Waals surface area contributed by atoms with Crippen molar-refractivity contribution in [1.29, 1.82) is 0 Å². The average Bonchev–Trinajstić information content (AvgIpc) is 2.60. The summed E-state index contributed by atoms with van der Waals surface area (Å²) in [7, 11) is 0. The van der Waals surface area contributed by atoms with Crippen LogP contribution in [0.2, 0.25) is 0 Å². The van der Waals surface area contributed by atoms with Gasteiger partial charge in [-0.25, -0.2) is 0 Å². The van der Waals surface area contributed by atoms with E-state index in [0.717, 1.165) is 11.3 Å². The lowest BCUT2D eigenvalue weighted by Crippen LogP contribution is -1.93. The number of aryl methyl sites for hydroxylation is 2. The Morgan fingerprint density at radius 1 is 1.25 bits per heavy atom. The van der Waals surface area contributed by atoms with Gasteiger partial charge in [0.2, 0.25) is 0 Å². The summed E-state index contributed by atoms with van der Waals surface area (Å²) < 4.78 is 10.5. The topological polar surface area (TPSA) is 55.5 Å². The molecule has 0 amide bonds. The van der Waals surface area contributed by atoms with E-state index in [9.17, 15) is 5.11 Å². The third-order valence-corrected chi connectivity index (χ3v) is 2.09. The lowest BCUT2D eigenvalue weighted by molar-refractivity contribution is 0.248. The number of phenolic OH excluding ortho intramolecular Hbond substituents is 1. The smallest absolute Gasteiger partial charge is 0.174 e. The van der Waals surface area contributed by atoms with E-state index in [2.05, 4.69) is 5.16 Å². The lowest BCUT2D eigenvalue weighted by atomic mass is 10.2. The SMILES string of the molecule is Cc1cc(O)cc(OCc2cc(C)no2)c1. The van der Waals surface area contributed by atoms with Gasteiger partial charge in [-0.2, -0.15) is 0 Å². The van der Waals surface area contributed by atoms with E-state index in [1.165, 1.54) is 0 Å². The second-order valence-electron chi connectivity index (χ2n) is 3.73. The van der Waals surface area contributed by atoms with Gasteiger partial charge in [0.25, 0.3) is 0 Å². The van der Waals surface area contributed by atoms with Crippen molar-refractivity contribution < 1.29 is 14.4 Å². The minimum atomic E-state index is 0.198. The third-order valence-electron chi connectivity index (χ3n) is 2.09. The summed E-state index contributed by atoms with van der Waals surface area (Å²) in [6, 6.07) is 6.90. The van der Waals surface area contributed by atoms with E-state index in [4.69, 9.17) is 9.26 Å². The molecular weight excluding hydrogens is 206 g/mol. The highest BCUT2D eigenvalue weighted by molar-refractivity contribution is 5.36. The molecule has 1 aromatic carbocycles. The van der Waals surface area contributed by atoms with Gasteiger partial charge in [0, 0.05) is 12.1 Å². The zero-order valence-electron chi connectivity index (χ0n) is 9.23. The summed E-state index contributed by atoms with van der Waals surface area (Å²) in [5.41, 5.74) is 1.77. The van der Waals surface area contributed by atoms with Gasteiger partial charge in [-0.1, -0.05) is 5.16 Å². The Morgan fingerprint density at radius 2 is 2.06 bits per heavy atom. The van der Waals surface area contributed by atoms with Crippen molar-refractivity contribution in [3.05, 3.63) is 41.3 Å². The van der Waals surface area contributed by atoms with Crippen LogP contribution >= 0.6 is 0 Å². The zero-order chi connectivity index (χ0) is 11.5. The molecule has 2 rings (SSSR count). The van der Waals surface area contributed by atoms with Crippen molar-refractivity contribution in [1.82, 2.24) is 5.16 Å². The van der Waals surface area contributed by atoms with Crippen LogP contribution in [0.1, 0.15) is 17.0 Å². The Bertz CT molecular complexity index is 471. The summed E-state index contributed by atoms with van der Waals surface area (Å²) >= 11 is 0. The van der Waals surface area contributed by atoms with E-state index in [1.807, 2.05) is 26.0 Å². The van der Waals surface area contributed by atoms with Crippen molar-refractivity contribution in [2.24, 2.45) is 0 Å². The van der Waals surface area contributed by atoms with Crippen LogP contribution in [0.15, 0.2) is 28.8 Å². The van der Waals surface area contributed by atoms with Gasteiger partial charge in [-0.05, 0) is 31.5 Å². The number of aromatic hydroxyl groups is 1. The first-order valence-electron chi connectivity index (χ1n) is 4.99. The van der Waals surface area contributed by atoms with Crippen LogP contribution in [0.4, 0.5) is 0 Å². The molecule has 1 N–H and O–H groups in total. The fourth-order valence-electron chi connectivity index (χ4n) is 1.45. The molecule has 1 aromatic heterocycles. The van der Waals surface area contributed by atoms with Gasteiger partial charge < -0.3 is 14.4 Å². The van der Waals surface area contributed by atoms with Crippen LogP contribution in [-0.2, 0) is 6.61 Å². The van der Waals surface area contributed by atoms with E-state index in [0.29, 0.717) is 18.1 Å². The van der Waals surface area contributed by atoms with Crippen molar-refractivity contribution in [2.75, 3.05) is 0 Å². The Hall–Kier alpha value is -1.97. The Kier molecular flexibility index (Phi) is 2.81. The summed E-state index contributed by atoms with van der Waals surface area (Å²) in [5, 5.41) is 13.1. The monoisotopic (exact) mass is 219 g/mol. The summed E-state index contributed by atoms with van der Waals surface area (Å²) in [5.74, 6) is 1.48. The molecule has 4 nitrogen and oxygen atoms in total. The van der Waals surface area contributed by atoms with E-state index >= 15 is 0 Å². The number of phenols is 1. The van der Waals surface area contributed by atoms with Crippen LogP contribution in [0.3, 0.4) is 0 Å². The molecular formula is C12H13NO3. The third kappa shape index (κ3) is 2.53. The molecule has 0 saturated heterocycles. The minimum absolute atomic E-state index is 0.198. The standard InChI is InChI=1S/C12H13NO3/c1-8-3-10(14)6-11(4-8)15-7-12-5-9(2)13-16-12/h3-6,14H,7H2,1-2H3. The predicted octanol–water partition coefficient (Wildman–Crippen LogP) is 2.58. The van der Waals surface area contributed by atoms with Crippen LogP contribution in [-0.4, -0.2) is 10.3 Å². The molecule has 0 radical (unpaired) electrons. The Labute approximate surface area is 93.5 Å². The molecule has 1 heterocycles. The summed E-state index contributed by atoms with van der Waals surface area (Å²) in [4.78, 5) is 0. The zero-order valence-corrected chi connectivity index (χ0v) is 9.23. The second kappa shape index (κ2) is 4.26. The Balaban J connectivity index is 2.04. The van der Waals surface area contributed by atoms with Gasteiger partial charge in [0.15, 0.2) is 5.76 Å². The maximum absolute atomic E-state index is 9.38. The highest BCUT2D eigenvalue weighted by atomic mass is 16.5. The average molecular weight is 219 g/mol. The highest BCUT2D eigenvalue weighted by Gasteiger charge is 2.03. The number of aromatic nitrogens is 1. The van der Waals surface area contributed by atoms with Crippen molar-refractivity contribution >= 4 is 0 Å². The van der Waals surface area contributed by atoms with Crippen molar-refractivity contribution in [2.45, 2.75) is 20.5 Å². The molecule has 0 saturated carbocycles. The first-order chi connectivity index (χ1) is 7.63. The number of benzene rings is 1. The molecule has 0 atom stereocenters. The molecule has 0 bridgehead atoms. The van der Waals surface area contributed by atoms with Crippen molar-refractivity contribution in [3.8, 4) is 11.5 Å². The van der Waals surface area contributed by atoms with Gasteiger partial charge in [-0.15, -0.1) is 0 Å². The number of hydrogen-bond acceptors (Lipinski definition) is 4. The number of rotatable bonds is 3. The summed E-state index contributed by atoms with van der Waals surface area (Å²) in [6.07, 6.45) is 0. The first kappa shape index (κ1) is 10.5. The maximum Gasteiger partial charge on any atom is 0.174 e. The molecule has 2 aromatic rings. The highest BCUT2D eigenvalue weighted by Crippen LogP contribution is 2.22. The summed E-state index contributed by atoms with van der Waals surface area (Å²) in [6.45, 7) is 4.06. The van der Waals surface area contributed by atoms with Crippen LogP contribution in [0.25, 0.3) is 0 Å². The van der Waals surface area contributed by atoms with Crippen LogP contribution in [0.5, 0.6) is 11.5 Å². The largest absolute Gasteiger partial charge is 0.508 e. The lowest BCUT2D eigenvalue weighted by Gasteiger charge is -2.05. The van der Waals surface area contributed by atoms with Crippen LogP contribution in [0, 0.1) is 13.8 Å². The van der Waals surface area contributed by atoms with Crippen molar-refractivity contribution in [3.63, 3.8) is 0 Å². The molecule has 4 heteroatoms. The number of nitrogens with zero attached hydrogens (tertiary/aromatic N) is 1. The maximum atomic E-state index is 9.38. The number of ether oxygens (including phenoxy) is 1. The van der Waals surface area contributed by atoms with Gasteiger partial charge in [-0.3, -0.25) is 0 Å². The predicted molar refractivity (Wildman–Crippen MR) is 58.4 cm³/mol. The first-order valence-corrected chi connectivity index (χ1v) is 4.99. The quantitative estimate of drug-likeness (QED) is 0.862. The van der Waals surface area contributed by atoms with E-state index in [1.54, 1.807) is 12.1 Å². The molecule has 0 aliphatic heterocycles. The Morgan fingerprint density at radius 3 is 2.69 bits per heavy atom. The van der Waals surface area contributed by atoms with Crippen LogP contribution < -0.4 is 4.74 Å². The minimum Gasteiger partial charge on any atom is -0.508 e. The fraction of sp³-hybridized carbons (Fsp3) is 0.250. The van der Waals surface area contributed by atoms with Gasteiger partial charge >= 0.3 is 0 Å². The fourth-order valence-corrected chi connectivity index (χ4v) is 1.45. The molecule has 0 aliphatic rings. The molecule has 0 spiro atoms. The molecule has 84 valence electrons. The molecule has 0 unspecified atom stereocenters. The van der Waals surface area contributed by atoms with E-state index in [-0.39, 0.29) is 5.75 Å². The normalized spacial score (nSPS) is 10.4. The molecule has 0 fully saturated rings.